The number of benzene rings is 1. The van der Waals surface area contributed by atoms with Crippen LogP contribution in [0, 0.1) is 0 Å². The minimum absolute atomic E-state index is 0.201. The van der Waals surface area contributed by atoms with Crippen molar-refractivity contribution >= 4 is 12.1 Å². The van der Waals surface area contributed by atoms with E-state index in [1.807, 2.05) is 0 Å². The minimum Gasteiger partial charge on any atom is -0.493 e. The Morgan fingerprint density at radius 3 is 2.80 bits per heavy atom. The largest absolute Gasteiger partial charge is 0.493 e. The summed E-state index contributed by atoms with van der Waals surface area (Å²) in [6, 6.07) is 4.71. The van der Waals surface area contributed by atoms with Gasteiger partial charge in [0.25, 0.3) is 0 Å². The molecule has 0 aliphatic carbocycles. The van der Waals surface area contributed by atoms with Crippen LogP contribution in [0.15, 0.2) is 18.2 Å². The molecule has 1 fully saturated rings. The third-order valence-corrected chi connectivity index (χ3v) is 2.76. The maximum Gasteiger partial charge on any atom is 0.407 e. The Bertz CT molecular complexity index is 516. The van der Waals surface area contributed by atoms with Crippen molar-refractivity contribution in [3.63, 3.8) is 0 Å². The SMILES string of the molecule is COC(=O)c1ccc(OCC2CNC(=O)O2)c(OC)c1. The molecule has 1 saturated heterocycles. The smallest absolute Gasteiger partial charge is 0.407 e. The van der Waals surface area contributed by atoms with Crippen molar-refractivity contribution in [1.29, 1.82) is 0 Å². The number of cyclic esters (lactones) is 1. The van der Waals surface area contributed by atoms with Gasteiger partial charge in [0.2, 0.25) is 0 Å². The highest BCUT2D eigenvalue weighted by Gasteiger charge is 2.23. The van der Waals surface area contributed by atoms with Crippen molar-refractivity contribution in [2.45, 2.75) is 6.10 Å². The molecule has 1 N–H and O–H groups in total. The molecule has 1 aromatic rings. The zero-order chi connectivity index (χ0) is 14.5. The van der Waals surface area contributed by atoms with E-state index in [1.54, 1.807) is 12.1 Å². The molecule has 2 rings (SSSR count). The molecule has 1 atom stereocenters. The third kappa shape index (κ3) is 3.11. The number of methoxy groups -OCH3 is 2. The molecule has 1 heterocycles. The van der Waals surface area contributed by atoms with E-state index < -0.39 is 12.1 Å². The van der Waals surface area contributed by atoms with E-state index in [4.69, 9.17) is 14.2 Å². The average Bonchev–Trinajstić information content (AvgIpc) is 2.89. The van der Waals surface area contributed by atoms with Crippen LogP contribution in [0.3, 0.4) is 0 Å². The summed E-state index contributed by atoms with van der Waals surface area (Å²) in [5.74, 6) is 0.414. The van der Waals surface area contributed by atoms with Crippen LogP contribution in [0.25, 0.3) is 0 Å². The van der Waals surface area contributed by atoms with Crippen molar-refractivity contribution in [2.75, 3.05) is 27.4 Å². The molecular formula is C13H15NO6. The lowest BCUT2D eigenvalue weighted by Gasteiger charge is -2.13. The number of carbonyl (C=O) groups is 2. The van der Waals surface area contributed by atoms with Gasteiger partial charge in [-0.15, -0.1) is 0 Å². The van der Waals surface area contributed by atoms with Gasteiger partial charge in [-0.2, -0.15) is 0 Å². The highest BCUT2D eigenvalue weighted by molar-refractivity contribution is 5.90. The second kappa shape index (κ2) is 6.14. The van der Waals surface area contributed by atoms with Crippen LogP contribution in [0.4, 0.5) is 4.79 Å². The number of ether oxygens (including phenoxy) is 4. The Kier molecular flexibility index (Phi) is 4.29. The van der Waals surface area contributed by atoms with Crippen molar-refractivity contribution in [3.8, 4) is 11.5 Å². The minimum atomic E-state index is -0.455. The lowest BCUT2D eigenvalue weighted by atomic mass is 10.2. The maximum atomic E-state index is 11.4. The van der Waals surface area contributed by atoms with Gasteiger partial charge in [0.05, 0.1) is 26.3 Å². The molecule has 1 aromatic carbocycles. The van der Waals surface area contributed by atoms with Gasteiger partial charge in [0.1, 0.15) is 6.61 Å². The number of nitrogens with one attached hydrogen (secondary N) is 1. The lowest BCUT2D eigenvalue weighted by molar-refractivity contribution is 0.0600. The first kappa shape index (κ1) is 14.0. The number of carbonyl (C=O) groups excluding carboxylic acids is 2. The first-order valence-corrected chi connectivity index (χ1v) is 5.97. The van der Waals surface area contributed by atoms with E-state index in [0.29, 0.717) is 23.6 Å². The van der Waals surface area contributed by atoms with Crippen molar-refractivity contribution < 1.29 is 28.5 Å². The fourth-order valence-electron chi connectivity index (χ4n) is 1.74. The molecule has 0 radical (unpaired) electrons. The molecule has 1 amide bonds. The molecular weight excluding hydrogens is 266 g/mol. The van der Waals surface area contributed by atoms with Gasteiger partial charge in [-0.05, 0) is 18.2 Å². The predicted molar refractivity (Wildman–Crippen MR) is 68.1 cm³/mol. The van der Waals surface area contributed by atoms with E-state index in [0.717, 1.165) is 0 Å². The number of esters is 1. The lowest BCUT2D eigenvalue weighted by Crippen LogP contribution is -2.22. The number of amides is 1. The highest BCUT2D eigenvalue weighted by atomic mass is 16.6. The molecule has 108 valence electrons. The summed E-state index contributed by atoms with van der Waals surface area (Å²) in [5.41, 5.74) is 0.366. The van der Waals surface area contributed by atoms with Crippen LogP contribution in [0.1, 0.15) is 10.4 Å². The van der Waals surface area contributed by atoms with Crippen molar-refractivity contribution in [3.05, 3.63) is 23.8 Å². The number of hydrogen-bond acceptors (Lipinski definition) is 6. The summed E-state index contributed by atoms with van der Waals surface area (Å²) >= 11 is 0. The molecule has 1 aliphatic rings. The number of alkyl carbamates (subject to hydrolysis) is 1. The fourth-order valence-corrected chi connectivity index (χ4v) is 1.74. The van der Waals surface area contributed by atoms with E-state index in [9.17, 15) is 9.59 Å². The molecule has 0 spiro atoms. The third-order valence-electron chi connectivity index (χ3n) is 2.76. The summed E-state index contributed by atoms with van der Waals surface area (Å²) < 4.78 is 20.3. The van der Waals surface area contributed by atoms with Crippen LogP contribution >= 0.6 is 0 Å². The Balaban J connectivity index is 2.03. The molecule has 0 aromatic heterocycles. The molecule has 20 heavy (non-hydrogen) atoms. The summed E-state index contributed by atoms with van der Waals surface area (Å²) in [7, 11) is 2.78. The van der Waals surface area contributed by atoms with Crippen LogP contribution in [-0.4, -0.2) is 45.5 Å². The van der Waals surface area contributed by atoms with E-state index in [2.05, 4.69) is 10.1 Å². The van der Waals surface area contributed by atoms with Gasteiger partial charge >= 0.3 is 12.1 Å². The van der Waals surface area contributed by atoms with Gasteiger partial charge < -0.3 is 24.3 Å². The van der Waals surface area contributed by atoms with Gasteiger partial charge in [-0.3, -0.25) is 0 Å². The maximum absolute atomic E-state index is 11.4. The zero-order valence-corrected chi connectivity index (χ0v) is 11.2. The monoisotopic (exact) mass is 281 g/mol. The first-order chi connectivity index (χ1) is 9.63. The van der Waals surface area contributed by atoms with Gasteiger partial charge in [0.15, 0.2) is 17.6 Å². The second-order valence-electron chi connectivity index (χ2n) is 4.08. The van der Waals surface area contributed by atoms with Gasteiger partial charge in [-0.1, -0.05) is 0 Å². The van der Waals surface area contributed by atoms with Gasteiger partial charge in [-0.25, -0.2) is 9.59 Å². The Labute approximate surface area is 115 Å². The first-order valence-electron chi connectivity index (χ1n) is 5.97. The Morgan fingerprint density at radius 2 is 2.20 bits per heavy atom. The quantitative estimate of drug-likeness (QED) is 0.810. The van der Waals surface area contributed by atoms with Crippen LogP contribution in [-0.2, 0) is 9.47 Å². The van der Waals surface area contributed by atoms with Gasteiger partial charge in [0, 0.05) is 0 Å². The van der Waals surface area contributed by atoms with E-state index >= 15 is 0 Å². The normalized spacial score (nSPS) is 17.1. The predicted octanol–water partition coefficient (Wildman–Crippen LogP) is 0.969. The average molecular weight is 281 g/mol. The van der Waals surface area contributed by atoms with E-state index in [-0.39, 0.29) is 12.7 Å². The summed E-state index contributed by atoms with van der Waals surface area (Å²) in [6.07, 6.45) is -0.793. The number of hydrogen-bond donors (Lipinski definition) is 1. The molecule has 1 aliphatic heterocycles. The Morgan fingerprint density at radius 1 is 1.40 bits per heavy atom. The topological polar surface area (TPSA) is 83.1 Å². The fraction of sp³-hybridized carbons (Fsp3) is 0.385. The second-order valence-corrected chi connectivity index (χ2v) is 4.08. The molecule has 7 heteroatoms. The van der Waals surface area contributed by atoms with E-state index in [1.165, 1.54) is 20.3 Å². The Hall–Kier alpha value is -2.44. The highest BCUT2D eigenvalue weighted by Crippen LogP contribution is 2.28. The molecule has 0 bridgehead atoms. The standard InChI is InChI=1S/C13H15NO6/c1-17-11-5-8(12(15)18-2)3-4-10(11)19-7-9-6-14-13(16)20-9/h3-5,9H,6-7H2,1-2H3,(H,14,16). The molecule has 0 saturated carbocycles. The van der Waals surface area contributed by atoms with Crippen molar-refractivity contribution in [1.82, 2.24) is 5.32 Å². The zero-order valence-electron chi connectivity index (χ0n) is 11.2. The molecule has 7 nitrogen and oxygen atoms in total. The summed E-state index contributed by atoms with van der Waals surface area (Å²) in [6.45, 7) is 0.605. The number of rotatable bonds is 5. The summed E-state index contributed by atoms with van der Waals surface area (Å²) in [5, 5.41) is 2.53. The molecule has 1 unspecified atom stereocenters. The van der Waals surface area contributed by atoms with Crippen LogP contribution in [0.5, 0.6) is 11.5 Å². The van der Waals surface area contributed by atoms with Crippen LogP contribution < -0.4 is 14.8 Å². The van der Waals surface area contributed by atoms with Crippen molar-refractivity contribution in [2.24, 2.45) is 0 Å². The summed E-state index contributed by atoms with van der Waals surface area (Å²) in [4.78, 5) is 22.3. The van der Waals surface area contributed by atoms with Crippen LogP contribution in [0.2, 0.25) is 0 Å².